The third-order valence-corrected chi connectivity index (χ3v) is 2.30. The average molecular weight is 239 g/mol. The van der Waals surface area contributed by atoms with Crippen LogP contribution in [0.25, 0.3) is 0 Å². The molecule has 0 saturated heterocycles. The summed E-state index contributed by atoms with van der Waals surface area (Å²) >= 11 is 0. The number of phenolic OH excluding ortho intramolecular Hbond substituents is 1. The van der Waals surface area contributed by atoms with E-state index in [4.69, 9.17) is 9.84 Å². The number of hydrogen-bond acceptors (Lipinski definition) is 4. The standard InChI is InChI=1S/C12H17NO4/c1-12(2,7-14)13-11(16)9-6-8(17-3)4-5-10(9)15/h4-6,14-15H,7H2,1-3H3,(H,13,16). The fourth-order valence-corrected chi connectivity index (χ4v) is 1.24. The minimum absolute atomic E-state index is 0.117. The molecule has 0 fully saturated rings. The molecule has 1 aromatic carbocycles. The number of benzene rings is 1. The first-order valence-electron chi connectivity index (χ1n) is 5.20. The van der Waals surface area contributed by atoms with Crippen LogP contribution >= 0.6 is 0 Å². The molecule has 3 N–H and O–H groups in total. The van der Waals surface area contributed by atoms with Gasteiger partial charge in [0.25, 0.3) is 5.91 Å². The molecule has 94 valence electrons. The van der Waals surface area contributed by atoms with Crippen molar-refractivity contribution in [3.05, 3.63) is 23.8 Å². The molecular weight excluding hydrogens is 222 g/mol. The Bertz CT molecular complexity index is 415. The van der Waals surface area contributed by atoms with E-state index in [9.17, 15) is 9.90 Å². The molecule has 1 rings (SSSR count). The van der Waals surface area contributed by atoms with E-state index in [-0.39, 0.29) is 17.9 Å². The number of rotatable bonds is 4. The maximum Gasteiger partial charge on any atom is 0.255 e. The predicted molar refractivity (Wildman–Crippen MR) is 63.3 cm³/mol. The molecule has 0 aromatic heterocycles. The van der Waals surface area contributed by atoms with Gasteiger partial charge in [-0.25, -0.2) is 0 Å². The molecule has 0 aliphatic carbocycles. The molecule has 0 heterocycles. The molecule has 0 spiro atoms. The lowest BCUT2D eigenvalue weighted by molar-refractivity contribution is 0.0866. The number of aliphatic hydroxyl groups is 1. The fourth-order valence-electron chi connectivity index (χ4n) is 1.24. The zero-order valence-corrected chi connectivity index (χ0v) is 10.2. The summed E-state index contributed by atoms with van der Waals surface area (Å²) in [6.45, 7) is 3.17. The molecule has 0 unspecified atom stereocenters. The lowest BCUT2D eigenvalue weighted by atomic mass is 10.1. The summed E-state index contributed by atoms with van der Waals surface area (Å²) in [5.41, 5.74) is -0.627. The summed E-state index contributed by atoms with van der Waals surface area (Å²) in [7, 11) is 1.48. The molecule has 0 saturated carbocycles. The van der Waals surface area contributed by atoms with Gasteiger partial charge in [0.1, 0.15) is 11.5 Å². The fraction of sp³-hybridized carbons (Fsp3) is 0.417. The molecule has 0 radical (unpaired) electrons. The van der Waals surface area contributed by atoms with E-state index in [0.717, 1.165) is 0 Å². The van der Waals surface area contributed by atoms with Gasteiger partial charge in [0.15, 0.2) is 0 Å². The third kappa shape index (κ3) is 3.35. The first kappa shape index (κ1) is 13.3. The minimum Gasteiger partial charge on any atom is -0.507 e. The normalized spacial score (nSPS) is 11.1. The van der Waals surface area contributed by atoms with Gasteiger partial charge >= 0.3 is 0 Å². The Kier molecular flexibility index (Phi) is 3.96. The summed E-state index contributed by atoms with van der Waals surface area (Å²) in [5, 5.41) is 21.3. The lowest BCUT2D eigenvalue weighted by Crippen LogP contribution is -2.46. The van der Waals surface area contributed by atoms with Crippen molar-refractivity contribution in [3.63, 3.8) is 0 Å². The van der Waals surface area contributed by atoms with Crippen molar-refractivity contribution in [1.29, 1.82) is 0 Å². The maximum absolute atomic E-state index is 11.9. The van der Waals surface area contributed by atoms with E-state index in [0.29, 0.717) is 5.75 Å². The van der Waals surface area contributed by atoms with Crippen LogP contribution in [-0.4, -0.2) is 35.4 Å². The van der Waals surface area contributed by atoms with Gasteiger partial charge in [-0.05, 0) is 32.0 Å². The molecule has 1 aromatic rings. The number of carbonyl (C=O) groups excluding carboxylic acids is 1. The topological polar surface area (TPSA) is 78.8 Å². The van der Waals surface area contributed by atoms with Crippen LogP contribution < -0.4 is 10.1 Å². The number of nitrogens with one attached hydrogen (secondary N) is 1. The number of aliphatic hydroxyl groups excluding tert-OH is 1. The zero-order chi connectivity index (χ0) is 13.1. The molecule has 0 atom stereocenters. The van der Waals surface area contributed by atoms with E-state index in [1.54, 1.807) is 19.9 Å². The second kappa shape index (κ2) is 5.05. The van der Waals surface area contributed by atoms with Crippen LogP contribution in [0, 0.1) is 0 Å². The quantitative estimate of drug-likeness (QED) is 0.729. The Morgan fingerprint density at radius 1 is 1.47 bits per heavy atom. The first-order chi connectivity index (χ1) is 7.89. The van der Waals surface area contributed by atoms with Gasteiger partial charge < -0.3 is 20.3 Å². The van der Waals surface area contributed by atoms with Gasteiger partial charge in [-0.1, -0.05) is 0 Å². The Morgan fingerprint density at radius 3 is 2.65 bits per heavy atom. The van der Waals surface area contributed by atoms with Gasteiger partial charge in [0.2, 0.25) is 0 Å². The summed E-state index contributed by atoms with van der Waals surface area (Å²) in [6.07, 6.45) is 0. The Morgan fingerprint density at radius 2 is 2.12 bits per heavy atom. The molecule has 1 amide bonds. The van der Waals surface area contributed by atoms with Crippen molar-refractivity contribution in [2.75, 3.05) is 13.7 Å². The Labute approximate surface area is 100 Å². The van der Waals surface area contributed by atoms with E-state index in [1.807, 2.05) is 0 Å². The highest BCUT2D eigenvalue weighted by Gasteiger charge is 2.22. The summed E-state index contributed by atoms with van der Waals surface area (Å²) in [5.74, 6) is -0.104. The minimum atomic E-state index is -0.743. The van der Waals surface area contributed by atoms with Crippen LogP contribution in [-0.2, 0) is 0 Å². The Balaban J connectivity index is 2.96. The zero-order valence-electron chi connectivity index (χ0n) is 10.2. The molecule has 5 nitrogen and oxygen atoms in total. The van der Waals surface area contributed by atoms with Gasteiger partial charge in [-0.15, -0.1) is 0 Å². The van der Waals surface area contributed by atoms with Crippen molar-refractivity contribution >= 4 is 5.91 Å². The number of amides is 1. The highest BCUT2D eigenvalue weighted by molar-refractivity contribution is 5.97. The number of ether oxygens (including phenoxy) is 1. The number of phenols is 1. The highest BCUT2D eigenvalue weighted by Crippen LogP contribution is 2.23. The van der Waals surface area contributed by atoms with Crippen LogP contribution in [0.2, 0.25) is 0 Å². The second-order valence-electron chi connectivity index (χ2n) is 4.38. The SMILES string of the molecule is COc1ccc(O)c(C(=O)NC(C)(C)CO)c1. The molecule has 5 heteroatoms. The van der Waals surface area contributed by atoms with Crippen LogP contribution in [0.4, 0.5) is 0 Å². The maximum atomic E-state index is 11.9. The van der Waals surface area contributed by atoms with Crippen molar-refractivity contribution < 1.29 is 19.7 Å². The number of methoxy groups -OCH3 is 1. The first-order valence-corrected chi connectivity index (χ1v) is 5.20. The van der Waals surface area contributed by atoms with Crippen molar-refractivity contribution in [2.45, 2.75) is 19.4 Å². The lowest BCUT2D eigenvalue weighted by Gasteiger charge is -2.23. The van der Waals surface area contributed by atoms with Gasteiger partial charge in [0.05, 0.1) is 24.8 Å². The molecule has 0 bridgehead atoms. The van der Waals surface area contributed by atoms with Crippen molar-refractivity contribution in [1.82, 2.24) is 5.32 Å². The van der Waals surface area contributed by atoms with E-state index >= 15 is 0 Å². The van der Waals surface area contributed by atoms with Gasteiger partial charge in [-0.3, -0.25) is 4.79 Å². The van der Waals surface area contributed by atoms with Crippen molar-refractivity contribution in [3.8, 4) is 11.5 Å². The summed E-state index contributed by atoms with van der Waals surface area (Å²) in [4.78, 5) is 11.9. The van der Waals surface area contributed by atoms with E-state index < -0.39 is 11.4 Å². The number of hydrogen-bond donors (Lipinski definition) is 3. The second-order valence-corrected chi connectivity index (χ2v) is 4.38. The molecular formula is C12H17NO4. The number of aromatic hydroxyl groups is 1. The smallest absolute Gasteiger partial charge is 0.255 e. The van der Waals surface area contributed by atoms with Crippen molar-refractivity contribution in [2.24, 2.45) is 0 Å². The van der Waals surface area contributed by atoms with Gasteiger partial charge in [0, 0.05) is 0 Å². The van der Waals surface area contributed by atoms with Crippen LogP contribution in [0.3, 0.4) is 0 Å². The molecule has 17 heavy (non-hydrogen) atoms. The van der Waals surface area contributed by atoms with Crippen LogP contribution in [0.5, 0.6) is 11.5 Å². The number of carbonyl (C=O) groups is 1. The summed E-state index contributed by atoms with van der Waals surface area (Å²) in [6, 6.07) is 4.39. The Hall–Kier alpha value is -1.75. The van der Waals surface area contributed by atoms with Crippen LogP contribution in [0.1, 0.15) is 24.2 Å². The monoisotopic (exact) mass is 239 g/mol. The summed E-state index contributed by atoms with van der Waals surface area (Å²) < 4.78 is 4.98. The third-order valence-electron chi connectivity index (χ3n) is 2.30. The average Bonchev–Trinajstić information content (AvgIpc) is 2.29. The predicted octanol–water partition coefficient (Wildman–Crippen LogP) is 0.901. The van der Waals surface area contributed by atoms with Gasteiger partial charge in [-0.2, -0.15) is 0 Å². The molecule has 0 aliphatic heterocycles. The molecule has 0 aliphatic rings. The largest absolute Gasteiger partial charge is 0.507 e. The highest BCUT2D eigenvalue weighted by atomic mass is 16.5. The van der Waals surface area contributed by atoms with E-state index in [2.05, 4.69) is 5.32 Å². The van der Waals surface area contributed by atoms with E-state index in [1.165, 1.54) is 19.2 Å². The van der Waals surface area contributed by atoms with Crippen LogP contribution in [0.15, 0.2) is 18.2 Å².